The number of aryl methyl sites for hydroxylation is 1. The molecule has 0 aliphatic rings. The summed E-state index contributed by atoms with van der Waals surface area (Å²) in [4.78, 5) is 11.8. The van der Waals surface area contributed by atoms with Gasteiger partial charge in [0.25, 0.3) is 0 Å². The van der Waals surface area contributed by atoms with E-state index in [4.69, 9.17) is 32.4 Å². The van der Waals surface area contributed by atoms with E-state index in [1.54, 1.807) is 20.2 Å². The summed E-state index contributed by atoms with van der Waals surface area (Å²) in [5, 5.41) is 4.39. The van der Waals surface area contributed by atoms with Crippen molar-refractivity contribution in [3.8, 4) is 11.3 Å². The third-order valence-corrected chi connectivity index (χ3v) is 2.70. The number of hydrogen-bond acceptors (Lipinski definition) is 4. The molecule has 0 N–H and O–H groups in total. The lowest BCUT2D eigenvalue weighted by atomic mass is 10.1. The molecule has 96 valence electrons. The summed E-state index contributed by atoms with van der Waals surface area (Å²) in [6, 6.07) is 1.51. The highest BCUT2D eigenvalue weighted by Gasteiger charge is 2.22. The lowest BCUT2D eigenvalue weighted by Gasteiger charge is -2.00. The minimum Gasteiger partial charge on any atom is -0.462 e. The molecule has 0 unspecified atom stereocenters. The maximum Gasteiger partial charge on any atom is 0.341 e. The molecule has 0 saturated heterocycles. The van der Waals surface area contributed by atoms with Crippen molar-refractivity contribution in [1.29, 1.82) is 0 Å². The first-order valence-electron chi connectivity index (χ1n) is 5.19. The standard InChI is InChI=1S/C11H10Cl2N2O3/c1-3-17-11(16)7-5-15(2)14-9(7)6-4-8(12)18-10(6)13/h4-5H,3H2,1-2H3. The predicted octanol–water partition coefficient (Wildman–Crippen LogP) is 3.16. The normalized spacial score (nSPS) is 10.7. The molecular weight excluding hydrogens is 279 g/mol. The van der Waals surface area contributed by atoms with Crippen LogP contribution in [0.5, 0.6) is 0 Å². The highest BCUT2D eigenvalue weighted by atomic mass is 35.5. The van der Waals surface area contributed by atoms with Gasteiger partial charge in [-0.1, -0.05) is 0 Å². The molecule has 2 aromatic rings. The van der Waals surface area contributed by atoms with Gasteiger partial charge in [0.05, 0.1) is 12.2 Å². The predicted molar refractivity (Wildman–Crippen MR) is 66.9 cm³/mol. The van der Waals surface area contributed by atoms with Crippen molar-refractivity contribution in [3.63, 3.8) is 0 Å². The van der Waals surface area contributed by atoms with E-state index in [2.05, 4.69) is 5.10 Å². The number of carbonyl (C=O) groups excluding carboxylic acids is 1. The van der Waals surface area contributed by atoms with E-state index >= 15 is 0 Å². The van der Waals surface area contributed by atoms with Gasteiger partial charge in [-0.2, -0.15) is 5.10 Å². The van der Waals surface area contributed by atoms with Crippen molar-refractivity contribution in [2.75, 3.05) is 6.61 Å². The van der Waals surface area contributed by atoms with E-state index < -0.39 is 5.97 Å². The van der Waals surface area contributed by atoms with Gasteiger partial charge in [0.1, 0.15) is 11.3 Å². The van der Waals surface area contributed by atoms with Crippen LogP contribution >= 0.6 is 23.2 Å². The number of nitrogens with zero attached hydrogens (tertiary/aromatic N) is 2. The first-order chi connectivity index (χ1) is 8.52. The highest BCUT2D eigenvalue weighted by Crippen LogP contribution is 2.34. The van der Waals surface area contributed by atoms with Gasteiger partial charge < -0.3 is 9.15 Å². The first-order valence-corrected chi connectivity index (χ1v) is 5.94. The zero-order valence-electron chi connectivity index (χ0n) is 9.74. The van der Waals surface area contributed by atoms with Gasteiger partial charge in [-0.15, -0.1) is 0 Å². The number of rotatable bonds is 3. The lowest BCUT2D eigenvalue weighted by Crippen LogP contribution is -2.04. The number of ether oxygens (including phenoxy) is 1. The quantitative estimate of drug-likeness (QED) is 0.814. The van der Waals surface area contributed by atoms with Crippen molar-refractivity contribution < 1.29 is 13.9 Å². The molecule has 0 saturated carbocycles. The zero-order valence-corrected chi connectivity index (χ0v) is 11.2. The van der Waals surface area contributed by atoms with Gasteiger partial charge in [-0.05, 0) is 30.1 Å². The molecule has 0 spiro atoms. The van der Waals surface area contributed by atoms with Crippen molar-refractivity contribution in [3.05, 3.63) is 28.3 Å². The fourth-order valence-corrected chi connectivity index (χ4v) is 2.00. The highest BCUT2D eigenvalue weighted by molar-refractivity contribution is 6.34. The molecule has 5 nitrogen and oxygen atoms in total. The summed E-state index contributed by atoms with van der Waals surface area (Å²) in [6.07, 6.45) is 1.56. The number of esters is 1. The Morgan fingerprint density at radius 1 is 1.56 bits per heavy atom. The first kappa shape index (κ1) is 13.0. The number of aromatic nitrogens is 2. The Hall–Kier alpha value is -1.46. The summed E-state index contributed by atoms with van der Waals surface area (Å²) >= 11 is 11.6. The van der Waals surface area contributed by atoms with E-state index in [0.717, 1.165) is 0 Å². The van der Waals surface area contributed by atoms with Crippen LogP contribution in [-0.2, 0) is 11.8 Å². The van der Waals surface area contributed by atoms with Crippen LogP contribution in [0.4, 0.5) is 0 Å². The van der Waals surface area contributed by atoms with E-state index in [-0.39, 0.29) is 17.0 Å². The molecule has 0 radical (unpaired) electrons. The van der Waals surface area contributed by atoms with E-state index in [1.165, 1.54) is 10.7 Å². The van der Waals surface area contributed by atoms with Crippen LogP contribution in [0.25, 0.3) is 11.3 Å². The van der Waals surface area contributed by atoms with Crippen LogP contribution in [0.2, 0.25) is 10.4 Å². The molecule has 0 bridgehead atoms. The molecule has 18 heavy (non-hydrogen) atoms. The van der Waals surface area contributed by atoms with Crippen LogP contribution in [0, 0.1) is 0 Å². The summed E-state index contributed by atoms with van der Waals surface area (Å²) in [7, 11) is 1.70. The molecule has 2 heterocycles. The topological polar surface area (TPSA) is 57.3 Å². The van der Waals surface area contributed by atoms with Gasteiger partial charge >= 0.3 is 5.97 Å². The van der Waals surface area contributed by atoms with Crippen LogP contribution in [0.3, 0.4) is 0 Å². The number of carbonyl (C=O) groups is 1. The Balaban J connectivity index is 2.51. The molecule has 2 aromatic heterocycles. The molecule has 0 aromatic carbocycles. The number of halogens is 2. The third-order valence-electron chi connectivity index (χ3n) is 2.24. The second kappa shape index (κ2) is 5.04. The fourth-order valence-electron chi connectivity index (χ4n) is 1.55. The minimum absolute atomic E-state index is 0.0873. The van der Waals surface area contributed by atoms with E-state index in [0.29, 0.717) is 16.8 Å². The maximum atomic E-state index is 11.8. The lowest BCUT2D eigenvalue weighted by molar-refractivity contribution is 0.0527. The summed E-state index contributed by atoms with van der Waals surface area (Å²) in [5.41, 5.74) is 1.17. The van der Waals surface area contributed by atoms with Gasteiger partial charge in [0.2, 0.25) is 5.22 Å². The maximum absolute atomic E-state index is 11.8. The third kappa shape index (κ3) is 2.37. The Bertz CT molecular complexity index is 589. The van der Waals surface area contributed by atoms with Crippen molar-refractivity contribution in [1.82, 2.24) is 9.78 Å². The Morgan fingerprint density at radius 3 is 2.83 bits per heavy atom. The van der Waals surface area contributed by atoms with Gasteiger partial charge in [0.15, 0.2) is 5.22 Å². The van der Waals surface area contributed by atoms with Gasteiger partial charge in [-0.3, -0.25) is 4.68 Å². The molecule has 0 aliphatic heterocycles. The number of hydrogen-bond donors (Lipinski definition) is 0. The van der Waals surface area contributed by atoms with Gasteiger partial charge in [0, 0.05) is 19.3 Å². The molecule has 7 heteroatoms. The zero-order chi connectivity index (χ0) is 13.3. The fraction of sp³-hybridized carbons (Fsp3) is 0.273. The molecule has 0 aliphatic carbocycles. The van der Waals surface area contributed by atoms with Gasteiger partial charge in [-0.25, -0.2) is 4.79 Å². The molecule has 2 rings (SSSR count). The summed E-state index contributed by atoms with van der Waals surface area (Å²) in [6.45, 7) is 2.02. The van der Waals surface area contributed by atoms with E-state index in [9.17, 15) is 4.79 Å². The molecule has 0 amide bonds. The molecular formula is C11H10Cl2N2O3. The van der Waals surface area contributed by atoms with Crippen molar-refractivity contribution in [2.24, 2.45) is 7.05 Å². The Kier molecular flexibility index (Phi) is 3.63. The Morgan fingerprint density at radius 2 is 2.28 bits per heavy atom. The second-order valence-corrected chi connectivity index (χ2v) is 4.24. The van der Waals surface area contributed by atoms with Crippen molar-refractivity contribution in [2.45, 2.75) is 6.92 Å². The monoisotopic (exact) mass is 288 g/mol. The molecule has 0 atom stereocenters. The summed E-state index contributed by atoms with van der Waals surface area (Å²) < 4.78 is 11.5. The minimum atomic E-state index is -0.464. The van der Waals surface area contributed by atoms with Crippen LogP contribution in [0.15, 0.2) is 16.7 Å². The smallest absolute Gasteiger partial charge is 0.341 e. The average molecular weight is 289 g/mol. The Labute approximate surface area is 113 Å². The van der Waals surface area contributed by atoms with E-state index in [1.807, 2.05) is 0 Å². The van der Waals surface area contributed by atoms with Crippen LogP contribution in [-0.4, -0.2) is 22.4 Å². The molecule has 0 fully saturated rings. The summed E-state index contributed by atoms with van der Waals surface area (Å²) in [5.74, 6) is -0.464. The number of furan rings is 1. The van der Waals surface area contributed by atoms with Crippen molar-refractivity contribution >= 4 is 29.2 Å². The van der Waals surface area contributed by atoms with Crippen LogP contribution in [0.1, 0.15) is 17.3 Å². The van der Waals surface area contributed by atoms with Crippen LogP contribution < -0.4 is 0 Å². The second-order valence-electron chi connectivity index (χ2n) is 3.52. The average Bonchev–Trinajstić information content (AvgIpc) is 2.82. The largest absolute Gasteiger partial charge is 0.462 e. The SMILES string of the molecule is CCOC(=O)c1cn(C)nc1-c1cc(Cl)oc1Cl.